The minimum Gasteiger partial charge on any atom is -0.490 e. The van der Waals surface area contributed by atoms with E-state index < -0.39 is 34.1 Å². The molecule has 2 aromatic rings. The van der Waals surface area contributed by atoms with Crippen LogP contribution in [0.15, 0.2) is 30.3 Å². The number of nitro benzene ring substituents is 1. The number of nitrogens with one attached hydrogen (secondary N) is 1. The van der Waals surface area contributed by atoms with Crippen LogP contribution in [-0.2, 0) is 19.9 Å². The van der Waals surface area contributed by atoms with Crippen molar-refractivity contribution in [2.75, 3.05) is 23.9 Å². The molecule has 180 valence electrons. The van der Waals surface area contributed by atoms with E-state index in [0.29, 0.717) is 34.8 Å². The van der Waals surface area contributed by atoms with Crippen molar-refractivity contribution in [3.8, 4) is 5.75 Å². The minimum absolute atomic E-state index is 0.0544. The zero-order valence-electron chi connectivity index (χ0n) is 18.9. The first-order chi connectivity index (χ1) is 16.7. The van der Waals surface area contributed by atoms with Gasteiger partial charge in [-0.2, -0.15) is 0 Å². The molecule has 4 aliphatic rings. The van der Waals surface area contributed by atoms with Crippen LogP contribution in [0.4, 0.5) is 17.1 Å². The molecule has 3 amide bonds. The molecular formula is C24H21ClN4O6. The average molecular weight is 497 g/mol. The summed E-state index contributed by atoms with van der Waals surface area (Å²) >= 11 is 6.31. The molecule has 0 bridgehead atoms. The van der Waals surface area contributed by atoms with Gasteiger partial charge in [-0.3, -0.25) is 29.4 Å². The second-order valence-electron chi connectivity index (χ2n) is 9.40. The summed E-state index contributed by atoms with van der Waals surface area (Å²) in [7, 11) is 1.29. The quantitative estimate of drug-likeness (QED) is 0.393. The topological polar surface area (TPSA) is 122 Å². The molecule has 1 N–H and O–H groups in total. The molecule has 2 aromatic carbocycles. The number of hydrogen-bond donors (Lipinski definition) is 1. The van der Waals surface area contributed by atoms with E-state index in [1.54, 1.807) is 25.1 Å². The third-order valence-corrected chi connectivity index (χ3v) is 8.12. The van der Waals surface area contributed by atoms with E-state index in [2.05, 4.69) is 5.32 Å². The Balaban J connectivity index is 1.54. The highest BCUT2D eigenvalue weighted by molar-refractivity contribution is 6.31. The van der Waals surface area contributed by atoms with Gasteiger partial charge in [0, 0.05) is 34.4 Å². The zero-order valence-corrected chi connectivity index (χ0v) is 19.7. The zero-order chi connectivity index (χ0) is 24.8. The van der Waals surface area contributed by atoms with Gasteiger partial charge in [-0.1, -0.05) is 11.6 Å². The molecule has 4 atom stereocenters. The number of nitrogens with zero attached hydrogens (tertiary/aromatic N) is 3. The molecule has 35 heavy (non-hydrogen) atoms. The number of aryl methyl sites for hydroxylation is 1. The number of carbonyl (C=O) groups is 3. The van der Waals surface area contributed by atoms with Gasteiger partial charge in [-0.15, -0.1) is 0 Å². The maximum atomic E-state index is 14.1. The number of benzene rings is 2. The highest BCUT2D eigenvalue weighted by atomic mass is 35.5. The van der Waals surface area contributed by atoms with Gasteiger partial charge in [-0.05, 0) is 50.1 Å². The first-order valence-corrected chi connectivity index (χ1v) is 11.7. The molecule has 4 heterocycles. The number of methoxy groups -OCH3 is 1. The number of fused-ring (bicyclic) bond motifs is 7. The van der Waals surface area contributed by atoms with Crippen LogP contribution in [0.25, 0.3) is 0 Å². The minimum atomic E-state index is -1.34. The Kier molecular flexibility index (Phi) is 4.56. The summed E-state index contributed by atoms with van der Waals surface area (Å²) in [5.41, 5.74) is 0.196. The van der Waals surface area contributed by atoms with Crippen LogP contribution in [0.1, 0.15) is 24.0 Å². The first kappa shape index (κ1) is 22.0. The lowest BCUT2D eigenvalue weighted by molar-refractivity contribution is -0.385. The van der Waals surface area contributed by atoms with Crippen molar-refractivity contribution >= 4 is 46.4 Å². The number of amides is 3. The Morgan fingerprint density at radius 3 is 2.69 bits per heavy atom. The molecular weight excluding hydrogens is 476 g/mol. The summed E-state index contributed by atoms with van der Waals surface area (Å²) < 4.78 is 5.19. The van der Waals surface area contributed by atoms with E-state index in [4.69, 9.17) is 16.3 Å². The monoisotopic (exact) mass is 496 g/mol. The molecule has 3 fully saturated rings. The predicted octanol–water partition coefficient (Wildman–Crippen LogP) is 3.00. The number of rotatable bonds is 3. The SMILES string of the molecule is COc1cc(N2C(=O)[C@H]3[C@@H](C2=O)[C@@]2(C(=O)Nc4ccc(Cl)cc42)N2CCC[C@@H]32)c(C)cc1[N+](=O)[O-]. The van der Waals surface area contributed by atoms with E-state index in [1.807, 2.05) is 4.90 Å². The Hall–Kier alpha value is -3.50. The molecule has 4 aliphatic heterocycles. The normalized spacial score (nSPS) is 28.9. The van der Waals surface area contributed by atoms with Gasteiger partial charge in [0.1, 0.15) is 5.54 Å². The molecule has 1 spiro atoms. The highest BCUT2D eigenvalue weighted by Gasteiger charge is 2.74. The van der Waals surface area contributed by atoms with E-state index in [0.717, 1.165) is 11.3 Å². The summed E-state index contributed by atoms with van der Waals surface area (Å²) in [4.78, 5) is 55.6. The lowest BCUT2D eigenvalue weighted by Gasteiger charge is -2.36. The van der Waals surface area contributed by atoms with Crippen LogP contribution >= 0.6 is 11.6 Å². The van der Waals surface area contributed by atoms with Crippen molar-refractivity contribution in [1.82, 2.24) is 4.90 Å². The molecule has 0 saturated carbocycles. The average Bonchev–Trinajstić information content (AvgIpc) is 3.52. The van der Waals surface area contributed by atoms with Gasteiger partial charge in [0.15, 0.2) is 5.75 Å². The van der Waals surface area contributed by atoms with Crippen LogP contribution in [0, 0.1) is 28.9 Å². The molecule has 0 radical (unpaired) electrons. The van der Waals surface area contributed by atoms with Gasteiger partial charge in [0.05, 0.1) is 29.6 Å². The van der Waals surface area contributed by atoms with Crippen molar-refractivity contribution in [2.24, 2.45) is 11.8 Å². The molecule has 0 unspecified atom stereocenters. The van der Waals surface area contributed by atoms with Crippen LogP contribution in [-0.4, -0.2) is 47.2 Å². The number of hydrogen-bond acceptors (Lipinski definition) is 7. The molecule has 6 rings (SSSR count). The standard InChI is InChI=1S/C24H21ClN4O6/c1-11-8-17(29(33)34)18(35-2)10-16(11)28-21(30)19-15-4-3-7-27(15)24(20(19)22(28)31)13-9-12(25)5-6-14(13)26-23(24)32/h5-6,8-10,15,19-20H,3-4,7H2,1-2H3,(H,26,32)/t15-,19+,20-,24-/m0/s1. The van der Waals surface area contributed by atoms with Crippen LogP contribution in [0.5, 0.6) is 5.75 Å². The number of anilines is 2. The Bertz CT molecular complexity index is 1360. The highest BCUT2D eigenvalue weighted by Crippen LogP contribution is 2.61. The fraction of sp³-hybridized carbons (Fsp3) is 0.375. The molecule has 0 aromatic heterocycles. The Morgan fingerprint density at radius 2 is 1.97 bits per heavy atom. The fourth-order valence-corrected chi connectivity index (χ4v) is 6.79. The molecule has 11 heteroatoms. The van der Waals surface area contributed by atoms with Crippen LogP contribution in [0.3, 0.4) is 0 Å². The van der Waals surface area contributed by atoms with Crippen molar-refractivity contribution in [3.63, 3.8) is 0 Å². The van der Waals surface area contributed by atoms with E-state index >= 15 is 0 Å². The number of imide groups is 1. The van der Waals surface area contributed by atoms with Crippen LogP contribution < -0.4 is 15.0 Å². The predicted molar refractivity (Wildman–Crippen MR) is 125 cm³/mol. The van der Waals surface area contributed by atoms with Crippen molar-refractivity contribution < 1.29 is 24.0 Å². The Morgan fingerprint density at radius 1 is 1.20 bits per heavy atom. The van der Waals surface area contributed by atoms with Crippen LogP contribution in [0.2, 0.25) is 5.02 Å². The van der Waals surface area contributed by atoms with Gasteiger partial charge >= 0.3 is 5.69 Å². The molecule has 10 nitrogen and oxygen atoms in total. The molecule has 0 aliphatic carbocycles. The Labute approximate surface area is 204 Å². The number of nitro groups is 1. The van der Waals surface area contributed by atoms with Gasteiger partial charge in [0.25, 0.3) is 0 Å². The third kappa shape index (κ3) is 2.61. The van der Waals surface area contributed by atoms with Crippen molar-refractivity contribution in [1.29, 1.82) is 0 Å². The largest absolute Gasteiger partial charge is 0.490 e. The van der Waals surface area contributed by atoms with Gasteiger partial charge < -0.3 is 10.1 Å². The fourth-order valence-electron chi connectivity index (χ4n) is 6.62. The summed E-state index contributed by atoms with van der Waals surface area (Å²) in [6.07, 6.45) is 1.48. The first-order valence-electron chi connectivity index (χ1n) is 11.3. The second kappa shape index (κ2) is 7.25. The van der Waals surface area contributed by atoms with E-state index in [1.165, 1.54) is 19.2 Å². The third-order valence-electron chi connectivity index (χ3n) is 7.89. The van der Waals surface area contributed by atoms with Gasteiger partial charge in [0.2, 0.25) is 17.7 Å². The van der Waals surface area contributed by atoms with Crippen molar-refractivity contribution in [2.45, 2.75) is 31.3 Å². The lowest BCUT2D eigenvalue weighted by Crippen LogP contribution is -2.54. The van der Waals surface area contributed by atoms with Gasteiger partial charge in [-0.25, -0.2) is 4.90 Å². The summed E-state index contributed by atoms with van der Waals surface area (Å²) in [5, 5.41) is 14.8. The lowest BCUT2D eigenvalue weighted by atomic mass is 9.75. The number of halogens is 1. The smallest absolute Gasteiger partial charge is 0.311 e. The summed E-state index contributed by atoms with van der Waals surface area (Å²) in [6, 6.07) is 7.45. The van der Waals surface area contributed by atoms with E-state index in [9.17, 15) is 24.5 Å². The number of ether oxygens (including phenoxy) is 1. The summed E-state index contributed by atoms with van der Waals surface area (Å²) in [5.74, 6) is -2.97. The van der Waals surface area contributed by atoms with E-state index in [-0.39, 0.29) is 29.1 Å². The summed E-state index contributed by atoms with van der Waals surface area (Å²) in [6.45, 7) is 2.19. The second-order valence-corrected chi connectivity index (χ2v) is 9.83. The molecule has 3 saturated heterocycles. The van der Waals surface area contributed by atoms with Crippen molar-refractivity contribution in [3.05, 3.63) is 56.6 Å². The maximum Gasteiger partial charge on any atom is 0.311 e. The maximum absolute atomic E-state index is 14.1. The number of carbonyl (C=O) groups excluding carboxylic acids is 3.